The van der Waals surface area contributed by atoms with Gasteiger partial charge in [-0.1, -0.05) is 12.1 Å². The third-order valence-electron chi connectivity index (χ3n) is 4.42. The van der Waals surface area contributed by atoms with Gasteiger partial charge in [0, 0.05) is 33.8 Å². The van der Waals surface area contributed by atoms with E-state index in [-0.39, 0.29) is 24.1 Å². The molecule has 1 heterocycles. The highest BCUT2D eigenvalue weighted by molar-refractivity contribution is 5.85. The molecule has 160 valence electrons. The maximum atomic E-state index is 12.3. The minimum atomic E-state index is -4.36. The van der Waals surface area contributed by atoms with Crippen molar-refractivity contribution in [2.75, 3.05) is 53.6 Å². The monoisotopic (exact) mass is 424 g/mol. The zero-order chi connectivity index (χ0) is 19.9. The molecule has 1 aliphatic rings. The number of alkyl halides is 3. The Morgan fingerprint density at radius 1 is 1.32 bits per heavy atom. The summed E-state index contributed by atoms with van der Waals surface area (Å²) in [5.41, 5.74) is 0.875. The molecule has 2 rings (SSSR count). The van der Waals surface area contributed by atoms with Crippen molar-refractivity contribution in [1.29, 1.82) is 0 Å². The first-order valence-electron chi connectivity index (χ1n) is 9.01. The van der Waals surface area contributed by atoms with E-state index in [0.29, 0.717) is 32.0 Å². The van der Waals surface area contributed by atoms with Crippen molar-refractivity contribution in [3.05, 3.63) is 29.8 Å². The molecular formula is C19H28ClF3N2O3. The molecule has 0 saturated carbocycles. The predicted molar refractivity (Wildman–Crippen MR) is 103 cm³/mol. The van der Waals surface area contributed by atoms with Crippen molar-refractivity contribution in [2.45, 2.75) is 19.0 Å². The second-order valence-electron chi connectivity index (χ2n) is 7.05. The first-order valence-corrected chi connectivity index (χ1v) is 9.01. The Morgan fingerprint density at radius 2 is 2.07 bits per heavy atom. The van der Waals surface area contributed by atoms with Crippen molar-refractivity contribution < 1.29 is 27.4 Å². The average Bonchev–Trinajstić information content (AvgIpc) is 3.10. The Bertz CT molecular complexity index is 608. The summed E-state index contributed by atoms with van der Waals surface area (Å²) in [6.45, 7) is 1.87. The van der Waals surface area contributed by atoms with Gasteiger partial charge in [0.2, 0.25) is 5.91 Å². The Kier molecular flexibility index (Phi) is 10.1. The lowest BCUT2D eigenvalue weighted by atomic mass is 10.1. The fourth-order valence-corrected chi connectivity index (χ4v) is 2.90. The summed E-state index contributed by atoms with van der Waals surface area (Å²) in [5.74, 6) is 0.627. The third-order valence-corrected chi connectivity index (χ3v) is 4.42. The molecule has 0 spiro atoms. The summed E-state index contributed by atoms with van der Waals surface area (Å²) in [5, 5.41) is 0. The maximum Gasteiger partial charge on any atom is 0.422 e. The molecule has 9 heteroatoms. The molecule has 1 fully saturated rings. The highest BCUT2D eigenvalue weighted by Crippen LogP contribution is 2.20. The van der Waals surface area contributed by atoms with Crippen LogP contribution in [0.25, 0.3) is 0 Å². The molecule has 1 atom stereocenters. The lowest BCUT2D eigenvalue weighted by molar-refractivity contribution is -0.153. The fraction of sp³-hybridized carbons (Fsp3) is 0.632. The van der Waals surface area contributed by atoms with Crippen LogP contribution in [0.15, 0.2) is 24.3 Å². The van der Waals surface area contributed by atoms with Crippen molar-refractivity contribution in [3.8, 4) is 5.75 Å². The number of nitrogens with zero attached hydrogens (tertiary/aromatic N) is 2. The number of benzene rings is 1. The van der Waals surface area contributed by atoms with Crippen LogP contribution in [-0.4, -0.2) is 75.4 Å². The van der Waals surface area contributed by atoms with Crippen LogP contribution in [-0.2, 0) is 16.0 Å². The Morgan fingerprint density at radius 3 is 2.68 bits per heavy atom. The van der Waals surface area contributed by atoms with Crippen molar-refractivity contribution in [3.63, 3.8) is 0 Å². The number of halogens is 4. The molecule has 1 amide bonds. The maximum absolute atomic E-state index is 12.3. The number of rotatable bonds is 9. The van der Waals surface area contributed by atoms with Crippen LogP contribution in [0, 0.1) is 5.92 Å². The molecular weight excluding hydrogens is 397 g/mol. The van der Waals surface area contributed by atoms with Crippen molar-refractivity contribution >= 4 is 18.3 Å². The topological polar surface area (TPSA) is 42.0 Å². The zero-order valence-corrected chi connectivity index (χ0v) is 17.0. The summed E-state index contributed by atoms with van der Waals surface area (Å²) in [4.78, 5) is 15.7. The first kappa shape index (κ1) is 24.5. The molecule has 1 aliphatic heterocycles. The molecule has 1 unspecified atom stereocenters. The van der Waals surface area contributed by atoms with Crippen LogP contribution < -0.4 is 4.74 Å². The van der Waals surface area contributed by atoms with Crippen LogP contribution in [0.4, 0.5) is 13.2 Å². The minimum absolute atomic E-state index is 0. The standard InChI is InChI=1S/C19H27F3N2O3.ClH/c1-23(2)18(25)12-24(11-16-7-9-26-13-16)8-6-15-4-3-5-17(10-15)27-14-19(20,21)22;/h3-5,10,16H,6-9,11-14H2,1-2H3;1H. The second-order valence-corrected chi connectivity index (χ2v) is 7.05. The van der Waals surface area contributed by atoms with E-state index in [1.54, 1.807) is 31.1 Å². The molecule has 28 heavy (non-hydrogen) atoms. The lowest BCUT2D eigenvalue weighted by Gasteiger charge is -2.26. The van der Waals surface area contributed by atoms with Gasteiger partial charge in [-0.3, -0.25) is 9.69 Å². The Labute approximate surface area is 170 Å². The smallest absolute Gasteiger partial charge is 0.422 e. The number of hydrogen-bond donors (Lipinski definition) is 0. The van der Waals surface area contributed by atoms with Gasteiger partial charge in [0.15, 0.2) is 6.61 Å². The number of amides is 1. The normalized spacial score (nSPS) is 16.7. The van der Waals surface area contributed by atoms with Crippen molar-refractivity contribution in [2.24, 2.45) is 5.92 Å². The number of likely N-dealkylation sites (N-methyl/N-ethyl adjacent to an activating group) is 1. The SMILES string of the molecule is CN(C)C(=O)CN(CCc1cccc(OCC(F)(F)F)c1)CC1CCOC1.Cl. The predicted octanol–water partition coefficient (Wildman–Crippen LogP) is 3.02. The molecule has 1 aromatic rings. The summed E-state index contributed by atoms with van der Waals surface area (Å²) >= 11 is 0. The zero-order valence-electron chi connectivity index (χ0n) is 16.2. The van der Waals surface area contributed by atoms with E-state index in [1.807, 2.05) is 6.07 Å². The summed E-state index contributed by atoms with van der Waals surface area (Å²) in [6, 6.07) is 6.67. The number of carbonyl (C=O) groups is 1. The highest BCUT2D eigenvalue weighted by Gasteiger charge is 2.28. The minimum Gasteiger partial charge on any atom is -0.484 e. The lowest BCUT2D eigenvalue weighted by Crippen LogP contribution is -2.40. The van der Waals surface area contributed by atoms with Gasteiger partial charge in [-0.15, -0.1) is 12.4 Å². The molecule has 5 nitrogen and oxygen atoms in total. The van der Waals surface area contributed by atoms with E-state index in [9.17, 15) is 18.0 Å². The molecule has 1 saturated heterocycles. The summed E-state index contributed by atoms with van der Waals surface area (Å²) < 4.78 is 47.1. The molecule has 0 bridgehead atoms. The van der Waals surface area contributed by atoms with E-state index < -0.39 is 12.8 Å². The van der Waals surface area contributed by atoms with Crippen LogP contribution >= 0.6 is 12.4 Å². The van der Waals surface area contributed by atoms with E-state index in [0.717, 1.165) is 25.1 Å². The van der Waals surface area contributed by atoms with Crippen molar-refractivity contribution in [1.82, 2.24) is 9.80 Å². The van der Waals surface area contributed by atoms with Gasteiger partial charge in [-0.2, -0.15) is 13.2 Å². The molecule has 1 aromatic carbocycles. The van der Waals surface area contributed by atoms with E-state index in [4.69, 9.17) is 9.47 Å². The van der Waals surface area contributed by atoms with E-state index in [1.165, 1.54) is 6.07 Å². The van der Waals surface area contributed by atoms with E-state index >= 15 is 0 Å². The first-order chi connectivity index (χ1) is 12.7. The number of hydrogen-bond acceptors (Lipinski definition) is 4. The largest absolute Gasteiger partial charge is 0.484 e. The quantitative estimate of drug-likeness (QED) is 0.611. The average molecular weight is 425 g/mol. The van der Waals surface area contributed by atoms with Gasteiger partial charge in [0.05, 0.1) is 13.2 Å². The van der Waals surface area contributed by atoms with Gasteiger partial charge in [0.25, 0.3) is 0 Å². The van der Waals surface area contributed by atoms with Gasteiger partial charge in [-0.25, -0.2) is 0 Å². The summed E-state index contributed by atoms with van der Waals surface area (Å²) in [6.07, 6.45) is -2.76. The van der Waals surface area contributed by atoms with Crippen LogP contribution in [0.2, 0.25) is 0 Å². The molecule has 0 radical (unpaired) electrons. The van der Waals surface area contributed by atoms with Gasteiger partial charge in [0.1, 0.15) is 5.75 Å². The summed E-state index contributed by atoms with van der Waals surface area (Å²) in [7, 11) is 3.45. The third kappa shape index (κ3) is 9.12. The Hall–Kier alpha value is -1.51. The highest BCUT2D eigenvalue weighted by atomic mass is 35.5. The van der Waals surface area contributed by atoms with Gasteiger partial charge >= 0.3 is 6.18 Å². The molecule has 0 aromatic heterocycles. The molecule has 0 aliphatic carbocycles. The fourth-order valence-electron chi connectivity index (χ4n) is 2.90. The van der Waals surface area contributed by atoms with Gasteiger partial charge < -0.3 is 14.4 Å². The number of carbonyl (C=O) groups excluding carboxylic acids is 1. The number of ether oxygens (including phenoxy) is 2. The second kappa shape index (κ2) is 11.5. The van der Waals surface area contributed by atoms with Crippen LogP contribution in [0.3, 0.4) is 0 Å². The van der Waals surface area contributed by atoms with E-state index in [2.05, 4.69) is 4.90 Å². The molecule has 0 N–H and O–H groups in total. The van der Waals surface area contributed by atoms with Crippen LogP contribution in [0.1, 0.15) is 12.0 Å². The van der Waals surface area contributed by atoms with Gasteiger partial charge in [-0.05, 0) is 36.5 Å². The van der Waals surface area contributed by atoms with Crippen LogP contribution in [0.5, 0.6) is 5.75 Å². The Balaban J connectivity index is 0.00000392.